The summed E-state index contributed by atoms with van der Waals surface area (Å²) in [7, 11) is 1.97. The first kappa shape index (κ1) is 17.1. The molecule has 3 rings (SSSR count). The number of aromatic nitrogens is 2. The highest BCUT2D eigenvalue weighted by Gasteiger charge is 2.40. The van der Waals surface area contributed by atoms with E-state index in [0.29, 0.717) is 17.9 Å². The Hall–Kier alpha value is -1.72. The van der Waals surface area contributed by atoms with Crippen LogP contribution in [-0.2, 0) is 11.8 Å². The number of hydrogen-bond donors (Lipinski definition) is 1. The minimum atomic E-state index is -0.424. The molecule has 2 aliphatic rings. The maximum atomic E-state index is 12.3. The van der Waals surface area contributed by atoms with Crippen LogP contribution < -0.4 is 5.32 Å². The van der Waals surface area contributed by atoms with Crippen molar-refractivity contribution in [3.8, 4) is 0 Å². The number of anilines is 1. The van der Waals surface area contributed by atoms with E-state index in [4.69, 9.17) is 4.74 Å². The standard InChI is InChI=1S/C18H30N4O2/c1-12-16(9-19-21(12)5)20-15-7-6-13-10-22(11-14(13)8-15)17(23)24-18(2,3)4/h9,13-15,20H,6-8,10-11H2,1-5H3. The molecule has 3 atom stereocenters. The van der Waals surface area contributed by atoms with E-state index in [1.165, 1.54) is 12.1 Å². The Morgan fingerprint density at radius 3 is 2.62 bits per heavy atom. The zero-order valence-corrected chi connectivity index (χ0v) is 15.5. The molecule has 24 heavy (non-hydrogen) atoms. The van der Waals surface area contributed by atoms with Gasteiger partial charge in [0.15, 0.2) is 0 Å². The van der Waals surface area contributed by atoms with Crippen molar-refractivity contribution in [1.82, 2.24) is 14.7 Å². The van der Waals surface area contributed by atoms with Crippen LogP contribution in [-0.4, -0.2) is 45.5 Å². The average molecular weight is 334 g/mol. The van der Waals surface area contributed by atoms with Gasteiger partial charge in [-0.2, -0.15) is 5.10 Å². The summed E-state index contributed by atoms with van der Waals surface area (Å²) in [6, 6.07) is 0.465. The number of carbonyl (C=O) groups is 1. The summed E-state index contributed by atoms with van der Waals surface area (Å²) in [5.41, 5.74) is 1.87. The second-order valence-electron chi connectivity index (χ2n) is 8.33. The lowest BCUT2D eigenvalue weighted by Crippen LogP contribution is -2.35. The summed E-state index contributed by atoms with van der Waals surface area (Å²) in [6.07, 6.45) is 5.17. The Morgan fingerprint density at radius 2 is 2.00 bits per heavy atom. The fraction of sp³-hybridized carbons (Fsp3) is 0.778. The van der Waals surface area contributed by atoms with Gasteiger partial charge in [0.1, 0.15) is 5.60 Å². The highest BCUT2D eigenvalue weighted by Crippen LogP contribution is 2.38. The van der Waals surface area contributed by atoms with E-state index in [9.17, 15) is 4.79 Å². The number of amides is 1. The van der Waals surface area contributed by atoms with Gasteiger partial charge >= 0.3 is 6.09 Å². The van der Waals surface area contributed by atoms with Crippen molar-refractivity contribution in [2.45, 2.75) is 58.6 Å². The molecule has 134 valence electrons. The van der Waals surface area contributed by atoms with Crippen LogP contribution >= 0.6 is 0 Å². The number of nitrogens with one attached hydrogen (secondary N) is 1. The summed E-state index contributed by atoms with van der Waals surface area (Å²) in [5.74, 6) is 1.19. The Bertz CT molecular complexity index is 605. The van der Waals surface area contributed by atoms with Gasteiger partial charge in [0.05, 0.1) is 17.6 Å². The van der Waals surface area contributed by atoms with Gasteiger partial charge < -0.3 is 15.0 Å². The van der Waals surface area contributed by atoms with E-state index >= 15 is 0 Å². The zero-order valence-electron chi connectivity index (χ0n) is 15.5. The SMILES string of the molecule is Cc1c(NC2CCC3CN(C(=O)OC(C)(C)C)CC3C2)cnn1C. The molecule has 1 aromatic heterocycles. The molecular weight excluding hydrogens is 304 g/mol. The zero-order chi connectivity index (χ0) is 17.5. The largest absolute Gasteiger partial charge is 0.444 e. The number of ether oxygens (including phenoxy) is 1. The number of carbonyl (C=O) groups excluding carboxylic acids is 1. The molecule has 3 unspecified atom stereocenters. The van der Waals surface area contributed by atoms with Gasteiger partial charge in [0.25, 0.3) is 0 Å². The molecule has 1 aliphatic heterocycles. The van der Waals surface area contributed by atoms with Crippen LogP contribution in [0.5, 0.6) is 0 Å². The third-order valence-electron chi connectivity index (χ3n) is 5.30. The third kappa shape index (κ3) is 3.68. The summed E-state index contributed by atoms with van der Waals surface area (Å²) in [6.45, 7) is 9.52. The van der Waals surface area contributed by atoms with Crippen molar-refractivity contribution in [2.75, 3.05) is 18.4 Å². The molecule has 2 heterocycles. The van der Waals surface area contributed by atoms with Crippen molar-refractivity contribution in [1.29, 1.82) is 0 Å². The molecular formula is C18H30N4O2. The molecule has 1 amide bonds. The maximum absolute atomic E-state index is 12.3. The monoisotopic (exact) mass is 334 g/mol. The third-order valence-corrected chi connectivity index (χ3v) is 5.30. The quantitative estimate of drug-likeness (QED) is 0.902. The van der Waals surface area contributed by atoms with E-state index in [1.807, 2.05) is 43.6 Å². The lowest BCUT2D eigenvalue weighted by atomic mass is 9.79. The van der Waals surface area contributed by atoms with E-state index in [1.54, 1.807) is 0 Å². The van der Waals surface area contributed by atoms with Crippen LogP contribution in [0, 0.1) is 18.8 Å². The second kappa shape index (κ2) is 6.30. The molecule has 0 radical (unpaired) electrons. The fourth-order valence-electron chi connectivity index (χ4n) is 3.90. The van der Waals surface area contributed by atoms with E-state index in [-0.39, 0.29) is 6.09 Å². The predicted molar refractivity (Wildman–Crippen MR) is 94.0 cm³/mol. The van der Waals surface area contributed by atoms with Crippen LogP contribution in [0.4, 0.5) is 10.5 Å². The smallest absolute Gasteiger partial charge is 0.410 e. The van der Waals surface area contributed by atoms with Gasteiger partial charge in [-0.15, -0.1) is 0 Å². The van der Waals surface area contributed by atoms with Crippen molar-refractivity contribution >= 4 is 11.8 Å². The normalized spacial score (nSPS) is 27.0. The first-order chi connectivity index (χ1) is 11.2. The van der Waals surface area contributed by atoms with Crippen LogP contribution in [0.1, 0.15) is 45.7 Å². The van der Waals surface area contributed by atoms with Gasteiger partial charge in [-0.1, -0.05) is 0 Å². The summed E-state index contributed by atoms with van der Waals surface area (Å²) < 4.78 is 7.43. The lowest BCUT2D eigenvalue weighted by molar-refractivity contribution is 0.0284. The molecule has 6 nitrogen and oxygen atoms in total. The minimum absolute atomic E-state index is 0.162. The Morgan fingerprint density at radius 1 is 1.29 bits per heavy atom. The average Bonchev–Trinajstić information content (AvgIpc) is 3.04. The first-order valence-corrected chi connectivity index (χ1v) is 8.96. The Balaban J connectivity index is 1.56. The topological polar surface area (TPSA) is 59.4 Å². The molecule has 0 spiro atoms. The van der Waals surface area contributed by atoms with Gasteiger partial charge in [-0.3, -0.25) is 4.68 Å². The molecule has 0 aromatic carbocycles. The van der Waals surface area contributed by atoms with Gasteiger partial charge in [-0.25, -0.2) is 4.79 Å². The molecule has 2 fully saturated rings. The summed E-state index contributed by atoms with van der Waals surface area (Å²) in [4.78, 5) is 14.2. The van der Waals surface area contributed by atoms with Crippen LogP contribution in [0.15, 0.2) is 6.20 Å². The predicted octanol–water partition coefficient (Wildman–Crippen LogP) is 3.18. The van der Waals surface area contributed by atoms with E-state index in [0.717, 1.165) is 31.6 Å². The molecule has 1 aromatic rings. The highest BCUT2D eigenvalue weighted by atomic mass is 16.6. The number of rotatable bonds is 2. The van der Waals surface area contributed by atoms with Crippen LogP contribution in [0.25, 0.3) is 0 Å². The highest BCUT2D eigenvalue weighted by molar-refractivity contribution is 5.68. The number of likely N-dealkylation sites (tertiary alicyclic amines) is 1. The molecule has 1 saturated heterocycles. The summed E-state index contributed by atoms with van der Waals surface area (Å²) in [5, 5.41) is 7.95. The van der Waals surface area contributed by atoms with Crippen LogP contribution in [0.3, 0.4) is 0 Å². The van der Waals surface area contributed by atoms with E-state index in [2.05, 4.69) is 17.3 Å². The van der Waals surface area contributed by atoms with Gasteiger partial charge in [-0.05, 0) is 58.8 Å². The maximum Gasteiger partial charge on any atom is 0.410 e. The Labute approximate surface area is 144 Å². The number of aryl methyl sites for hydroxylation is 1. The van der Waals surface area contributed by atoms with Crippen molar-refractivity contribution < 1.29 is 9.53 Å². The number of nitrogens with zero attached hydrogens (tertiary/aromatic N) is 3. The lowest BCUT2D eigenvalue weighted by Gasteiger charge is -2.31. The minimum Gasteiger partial charge on any atom is -0.444 e. The number of hydrogen-bond acceptors (Lipinski definition) is 4. The molecule has 6 heteroatoms. The van der Waals surface area contributed by atoms with Crippen molar-refractivity contribution in [3.63, 3.8) is 0 Å². The molecule has 1 N–H and O–H groups in total. The van der Waals surface area contributed by atoms with E-state index < -0.39 is 5.60 Å². The van der Waals surface area contributed by atoms with Crippen LogP contribution in [0.2, 0.25) is 0 Å². The molecule has 0 bridgehead atoms. The Kier molecular flexibility index (Phi) is 4.49. The van der Waals surface area contributed by atoms with Crippen molar-refractivity contribution in [2.24, 2.45) is 18.9 Å². The fourth-order valence-corrected chi connectivity index (χ4v) is 3.90. The van der Waals surface area contributed by atoms with Gasteiger partial charge in [0, 0.05) is 26.2 Å². The van der Waals surface area contributed by atoms with Crippen molar-refractivity contribution in [3.05, 3.63) is 11.9 Å². The summed E-state index contributed by atoms with van der Waals surface area (Å²) >= 11 is 0. The molecule has 1 aliphatic carbocycles. The second-order valence-corrected chi connectivity index (χ2v) is 8.33. The first-order valence-electron chi connectivity index (χ1n) is 8.96. The number of fused-ring (bicyclic) bond motifs is 1. The van der Waals surface area contributed by atoms with Gasteiger partial charge in [0.2, 0.25) is 0 Å². The molecule has 1 saturated carbocycles.